The second kappa shape index (κ2) is 6.77. The van der Waals surface area contributed by atoms with Crippen LogP contribution in [0.4, 0.5) is 5.69 Å². The lowest BCUT2D eigenvalue weighted by molar-refractivity contribution is -0.385. The molecule has 1 unspecified atom stereocenters. The maximum Gasteiger partial charge on any atom is 0.272 e. The molecule has 1 aliphatic rings. The average Bonchev–Trinajstić information content (AvgIpc) is 2.47. The van der Waals surface area contributed by atoms with Crippen molar-refractivity contribution in [3.63, 3.8) is 0 Å². The summed E-state index contributed by atoms with van der Waals surface area (Å²) in [6.45, 7) is 7.11. The minimum absolute atomic E-state index is 0.0251. The zero-order valence-corrected chi connectivity index (χ0v) is 13.2. The van der Waals surface area contributed by atoms with Gasteiger partial charge in [-0.3, -0.25) is 14.9 Å². The molecule has 22 heavy (non-hydrogen) atoms. The Morgan fingerprint density at radius 1 is 1.41 bits per heavy atom. The Kier molecular flexibility index (Phi) is 5.00. The lowest BCUT2D eigenvalue weighted by Crippen LogP contribution is -2.44. The third-order valence-corrected chi connectivity index (χ3v) is 4.12. The van der Waals surface area contributed by atoms with Crippen LogP contribution in [0, 0.1) is 23.0 Å². The number of benzene rings is 1. The fourth-order valence-electron chi connectivity index (χ4n) is 2.65. The number of rotatable bonds is 4. The van der Waals surface area contributed by atoms with Crippen LogP contribution in [0.3, 0.4) is 0 Å². The van der Waals surface area contributed by atoms with Crippen LogP contribution in [-0.4, -0.2) is 34.9 Å². The monoisotopic (exact) mass is 306 g/mol. The van der Waals surface area contributed by atoms with Crippen molar-refractivity contribution in [3.05, 3.63) is 33.9 Å². The van der Waals surface area contributed by atoms with Crippen molar-refractivity contribution in [2.24, 2.45) is 5.92 Å². The first kappa shape index (κ1) is 16.3. The van der Waals surface area contributed by atoms with Gasteiger partial charge in [-0.25, -0.2) is 0 Å². The summed E-state index contributed by atoms with van der Waals surface area (Å²) in [4.78, 5) is 24.6. The van der Waals surface area contributed by atoms with Crippen molar-refractivity contribution in [2.45, 2.75) is 39.7 Å². The number of hydrogen-bond donors (Lipinski definition) is 0. The van der Waals surface area contributed by atoms with Crippen LogP contribution in [0.25, 0.3) is 0 Å². The number of likely N-dealkylation sites (tertiary alicyclic amines) is 1. The van der Waals surface area contributed by atoms with Gasteiger partial charge in [0, 0.05) is 24.7 Å². The molecular weight excluding hydrogens is 284 g/mol. The van der Waals surface area contributed by atoms with Gasteiger partial charge in [0.2, 0.25) is 0 Å². The van der Waals surface area contributed by atoms with E-state index in [2.05, 4.69) is 6.92 Å². The first-order valence-electron chi connectivity index (χ1n) is 7.59. The number of ether oxygens (including phenoxy) is 1. The Morgan fingerprint density at radius 3 is 2.59 bits per heavy atom. The van der Waals surface area contributed by atoms with E-state index in [0.29, 0.717) is 17.2 Å². The molecule has 0 bridgehead atoms. The second-order valence-corrected chi connectivity index (χ2v) is 5.97. The number of carbonyl (C=O) groups excluding carboxylic acids is 1. The average molecular weight is 306 g/mol. The van der Waals surface area contributed by atoms with Gasteiger partial charge in [0.05, 0.1) is 4.92 Å². The van der Waals surface area contributed by atoms with Crippen molar-refractivity contribution in [1.29, 1.82) is 0 Å². The van der Waals surface area contributed by atoms with Gasteiger partial charge in [-0.2, -0.15) is 0 Å². The first-order valence-corrected chi connectivity index (χ1v) is 7.59. The summed E-state index contributed by atoms with van der Waals surface area (Å²) in [5.74, 6) is 1.12. The maximum absolute atomic E-state index is 12.4. The summed E-state index contributed by atoms with van der Waals surface area (Å²) in [5, 5.41) is 10.8. The second-order valence-electron chi connectivity index (χ2n) is 5.97. The SMILES string of the molecule is Cc1cc(OC(C)C(=O)N2CCC(C)CC2)ccc1[N+](=O)[O-]. The van der Waals surface area contributed by atoms with Gasteiger partial charge >= 0.3 is 0 Å². The van der Waals surface area contributed by atoms with Gasteiger partial charge in [0.25, 0.3) is 11.6 Å². The largest absolute Gasteiger partial charge is 0.481 e. The van der Waals surface area contributed by atoms with E-state index < -0.39 is 11.0 Å². The lowest BCUT2D eigenvalue weighted by Gasteiger charge is -2.32. The topological polar surface area (TPSA) is 72.7 Å². The minimum Gasteiger partial charge on any atom is -0.481 e. The third kappa shape index (κ3) is 3.75. The van der Waals surface area contributed by atoms with E-state index in [1.165, 1.54) is 12.1 Å². The van der Waals surface area contributed by atoms with Gasteiger partial charge in [-0.1, -0.05) is 6.92 Å². The van der Waals surface area contributed by atoms with Crippen molar-refractivity contribution in [1.82, 2.24) is 4.90 Å². The zero-order chi connectivity index (χ0) is 16.3. The van der Waals surface area contributed by atoms with Crippen LogP contribution >= 0.6 is 0 Å². The smallest absolute Gasteiger partial charge is 0.272 e. The van der Waals surface area contributed by atoms with E-state index in [-0.39, 0.29) is 11.6 Å². The standard InChI is InChI=1S/C16H22N2O4/c1-11-6-8-17(9-7-11)16(19)13(3)22-14-4-5-15(18(20)21)12(2)10-14/h4-5,10-11,13H,6-9H2,1-3H3. The molecule has 1 aromatic carbocycles. The molecule has 120 valence electrons. The summed E-state index contributed by atoms with van der Waals surface area (Å²) in [6, 6.07) is 4.54. The highest BCUT2D eigenvalue weighted by Gasteiger charge is 2.25. The zero-order valence-electron chi connectivity index (χ0n) is 13.2. The summed E-state index contributed by atoms with van der Waals surface area (Å²) in [5.41, 5.74) is 0.574. The highest BCUT2D eigenvalue weighted by atomic mass is 16.6. The molecule has 0 spiro atoms. The van der Waals surface area contributed by atoms with Crippen LogP contribution < -0.4 is 4.74 Å². The molecule has 0 N–H and O–H groups in total. The molecule has 1 aliphatic heterocycles. The fourth-order valence-corrected chi connectivity index (χ4v) is 2.65. The van der Waals surface area contributed by atoms with Crippen LogP contribution in [-0.2, 0) is 4.79 Å². The molecular formula is C16H22N2O4. The van der Waals surface area contributed by atoms with Crippen molar-refractivity contribution in [2.75, 3.05) is 13.1 Å². The predicted molar refractivity (Wildman–Crippen MR) is 82.9 cm³/mol. The molecule has 1 saturated heterocycles. The Morgan fingerprint density at radius 2 is 2.05 bits per heavy atom. The number of amides is 1. The van der Waals surface area contributed by atoms with Gasteiger partial charge in [-0.05, 0) is 44.7 Å². The number of aryl methyl sites for hydroxylation is 1. The molecule has 2 rings (SSSR count). The number of hydrogen-bond acceptors (Lipinski definition) is 4. The van der Waals surface area contributed by atoms with E-state index in [1.54, 1.807) is 19.9 Å². The molecule has 0 saturated carbocycles. The predicted octanol–water partition coefficient (Wildman–Crippen LogP) is 2.93. The molecule has 0 aliphatic carbocycles. The third-order valence-electron chi connectivity index (χ3n) is 4.12. The van der Waals surface area contributed by atoms with Gasteiger partial charge in [-0.15, -0.1) is 0 Å². The van der Waals surface area contributed by atoms with Crippen LogP contribution in [0.1, 0.15) is 32.3 Å². The Balaban J connectivity index is 1.99. The van der Waals surface area contributed by atoms with Gasteiger partial charge in [0.15, 0.2) is 6.10 Å². The van der Waals surface area contributed by atoms with Crippen molar-refractivity contribution in [3.8, 4) is 5.75 Å². The van der Waals surface area contributed by atoms with Crippen LogP contribution in [0.2, 0.25) is 0 Å². The summed E-state index contributed by atoms with van der Waals surface area (Å²) < 4.78 is 5.66. The van der Waals surface area contributed by atoms with E-state index >= 15 is 0 Å². The molecule has 1 atom stereocenters. The van der Waals surface area contributed by atoms with E-state index in [0.717, 1.165) is 25.9 Å². The normalized spacial score (nSPS) is 17.1. The molecule has 1 aromatic rings. The van der Waals surface area contributed by atoms with E-state index in [9.17, 15) is 14.9 Å². The Labute approximate surface area is 130 Å². The number of piperidine rings is 1. The van der Waals surface area contributed by atoms with E-state index in [1.807, 2.05) is 4.90 Å². The van der Waals surface area contributed by atoms with Gasteiger partial charge in [0.1, 0.15) is 5.75 Å². The fraction of sp³-hybridized carbons (Fsp3) is 0.562. The molecule has 0 radical (unpaired) electrons. The summed E-state index contributed by atoms with van der Waals surface area (Å²) in [6.07, 6.45) is 1.46. The van der Waals surface area contributed by atoms with Crippen LogP contribution in [0.15, 0.2) is 18.2 Å². The lowest BCUT2D eigenvalue weighted by atomic mass is 9.99. The molecule has 6 heteroatoms. The molecule has 6 nitrogen and oxygen atoms in total. The maximum atomic E-state index is 12.4. The first-order chi connectivity index (χ1) is 10.4. The van der Waals surface area contributed by atoms with Crippen molar-refractivity contribution < 1.29 is 14.5 Å². The van der Waals surface area contributed by atoms with Crippen LogP contribution in [0.5, 0.6) is 5.75 Å². The number of carbonyl (C=O) groups is 1. The molecule has 1 heterocycles. The van der Waals surface area contributed by atoms with Crippen molar-refractivity contribution >= 4 is 11.6 Å². The number of nitro benzene ring substituents is 1. The minimum atomic E-state index is -0.589. The number of nitrogens with zero attached hydrogens (tertiary/aromatic N) is 2. The summed E-state index contributed by atoms with van der Waals surface area (Å²) >= 11 is 0. The molecule has 1 fully saturated rings. The highest BCUT2D eigenvalue weighted by molar-refractivity contribution is 5.81. The Bertz CT molecular complexity index is 565. The highest BCUT2D eigenvalue weighted by Crippen LogP contribution is 2.24. The summed E-state index contributed by atoms with van der Waals surface area (Å²) in [7, 11) is 0. The Hall–Kier alpha value is -2.11. The molecule has 0 aromatic heterocycles. The quantitative estimate of drug-likeness (QED) is 0.633. The molecule has 1 amide bonds. The van der Waals surface area contributed by atoms with E-state index in [4.69, 9.17) is 4.74 Å². The van der Waals surface area contributed by atoms with Gasteiger partial charge < -0.3 is 9.64 Å². The number of nitro groups is 1.